The lowest BCUT2D eigenvalue weighted by Gasteiger charge is -2.10. The Balaban J connectivity index is 1.72. The Bertz CT molecular complexity index is 1180. The molecule has 29 heavy (non-hydrogen) atoms. The molecule has 3 aromatic rings. The predicted octanol–water partition coefficient (Wildman–Crippen LogP) is 4.30. The summed E-state index contributed by atoms with van der Waals surface area (Å²) in [6.07, 6.45) is 0. The molecule has 1 amide bonds. The van der Waals surface area contributed by atoms with Crippen LogP contribution in [0.5, 0.6) is 0 Å². The van der Waals surface area contributed by atoms with Gasteiger partial charge in [-0.05, 0) is 54.6 Å². The molecule has 10 heteroatoms. The van der Waals surface area contributed by atoms with Gasteiger partial charge in [-0.3, -0.25) is 9.52 Å². The van der Waals surface area contributed by atoms with Crippen molar-refractivity contribution in [2.75, 3.05) is 10.0 Å². The molecule has 5 nitrogen and oxygen atoms in total. The highest BCUT2D eigenvalue weighted by atomic mass is 32.2. The third kappa shape index (κ3) is 4.72. The third-order valence-electron chi connectivity index (χ3n) is 3.77. The van der Waals surface area contributed by atoms with Gasteiger partial charge in [0.2, 0.25) is 0 Å². The van der Waals surface area contributed by atoms with Crippen LogP contribution in [-0.2, 0) is 10.0 Å². The maximum absolute atomic E-state index is 13.6. The summed E-state index contributed by atoms with van der Waals surface area (Å²) in [7, 11) is -4.17. The molecule has 0 radical (unpaired) electrons. The fourth-order valence-electron chi connectivity index (χ4n) is 2.35. The lowest BCUT2D eigenvalue weighted by Crippen LogP contribution is -2.15. The minimum Gasteiger partial charge on any atom is -0.322 e. The van der Waals surface area contributed by atoms with E-state index in [-0.39, 0.29) is 16.9 Å². The molecule has 0 aliphatic rings. The molecular weight excluding hydrogens is 412 g/mol. The van der Waals surface area contributed by atoms with Crippen molar-refractivity contribution in [3.63, 3.8) is 0 Å². The lowest BCUT2D eigenvalue weighted by molar-refractivity contribution is 0.102. The van der Waals surface area contributed by atoms with Crippen LogP contribution in [-0.4, -0.2) is 14.3 Å². The number of halogens is 4. The highest BCUT2D eigenvalue weighted by Gasteiger charge is 2.17. The molecule has 0 atom stereocenters. The monoisotopic (exact) mass is 424 g/mol. The maximum Gasteiger partial charge on any atom is 0.261 e. The fraction of sp³-hybridized carbons (Fsp3) is 0. The summed E-state index contributed by atoms with van der Waals surface area (Å²) >= 11 is 0. The number of hydrogen-bond donors (Lipinski definition) is 2. The Kier molecular flexibility index (Phi) is 5.55. The fourth-order valence-corrected chi connectivity index (χ4v) is 3.42. The Morgan fingerprint density at radius 3 is 2.00 bits per heavy atom. The Morgan fingerprint density at radius 1 is 0.724 bits per heavy atom. The summed E-state index contributed by atoms with van der Waals surface area (Å²) in [5.41, 5.74) is -0.0651. The average Bonchev–Trinajstić information content (AvgIpc) is 2.65. The van der Waals surface area contributed by atoms with Crippen LogP contribution >= 0.6 is 0 Å². The first kappa shape index (κ1) is 20.3. The largest absolute Gasteiger partial charge is 0.322 e. The first-order chi connectivity index (χ1) is 13.7. The smallest absolute Gasteiger partial charge is 0.261 e. The predicted molar refractivity (Wildman–Crippen MR) is 97.9 cm³/mol. The number of anilines is 2. The van der Waals surface area contributed by atoms with E-state index >= 15 is 0 Å². The minimum atomic E-state index is -4.17. The van der Waals surface area contributed by atoms with Crippen molar-refractivity contribution in [1.29, 1.82) is 0 Å². The van der Waals surface area contributed by atoms with Gasteiger partial charge in [0.05, 0.1) is 10.5 Å². The summed E-state index contributed by atoms with van der Waals surface area (Å²) < 4.78 is 79.4. The van der Waals surface area contributed by atoms with E-state index in [0.29, 0.717) is 18.2 Å². The molecule has 0 aliphatic carbocycles. The normalized spacial score (nSPS) is 11.2. The van der Waals surface area contributed by atoms with E-state index in [1.54, 1.807) is 0 Å². The second kappa shape index (κ2) is 7.92. The van der Waals surface area contributed by atoms with Crippen molar-refractivity contribution in [2.45, 2.75) is 4.90 Å². The van der Waals surface area contributed by atoms with E-state index in [9.17, 15) is 30.8 Å². The zero-order chi connectivity index (χ0) is 21.2. The van der Waals surface area contributed by atoms with Crippen LogP contribution in [0.4, 0.5) is 28.9 Å². The second-order valence-corrected chi connectivity index (χ2v) is 7.52. The number of amides is 1. The molecule has 0 bridgehead atoms. The quantitative estimate of drug-likeness (QED) is 0.600. The van der Waals surface area contributed by atoms with Gasteiger partial charge in [0.25, 0.3) is 15.9 Å². The van der Waals surface area contributed by atoms with Crippen LogP contribution < -0.4 is 10.0 Å². The topological polar surface area (TPSA) is 75.3 Å². The van der Waals surface area contributed by atoms with Gasteiger partial charge in [0.1, 0.15) is 11.6 Å². The summed E-state index contributed by atoms with van der Waals surface area (Å²) in [4.78, 5) is 11.6. The molecule has 3 rings (SSSR count). The van der Waals surface area contributed by atoms with Crippen LogP contribution in [0.1, 0.15) is 10.4 Å². The van der Waals surface area contributed by atoms with Gasteiger partial charge in [-0.1, -0.05) is 0 Å². The third-order valence-corrected chi connectivity index (χ3v) is 5.15. The molecule has 0 aliphatic heterocycles. The molecule has 0 heterocycles. The van der Waals surface area contributed by atoms with Gasteiger partial charge in [-0.2, -0.15) is 0 Å². The number of carbonyl (C=O) groups excluding carboxylic acids is 1. The highest BCUT2D eigenvalue weighted by molar-refractivity contribution is 7.92. The van der Waals surface area contributed by atoms with E-state index in [1.165, 1.54) is 24.3 Å². The van der Waals surface area contributed by atoms with Gasteiger partial charge in [-0.25, -0.2) is 26.0 Å². The van der Waals surface area contributed by atoms with Crippen LogP contribution in [0.25, 0.3) is 0 Å². The first-order valence-corrected chi connectivity index (χ1v) is 9.48. The molecule has 3 aromatic carbocycles. The summed E-state index contributed by atoms with van der Waals surface area (Å²) in [6, 6.07) is 9.92. The number of hydrogen-bond acceptors (Lipinski definition) is 3. The van der Waals surface area contributed by atoms with Gasteiger partial charge in [-0.15, -0.1) is 0 Å². The van der Waals surface area contributed by atoms with E-state index in [2.05, 4.69) is 10.0 Å². The van der Waals surface area contributed by atoms with Gasteiger partial charge in [0.15, 0.2) is 11.6 Å². The van der Waals surface area contributed by atoms with Crippen LogP contribution in [0.15, 0.2) is 65.6 Å². The van der Waals surface area contributed by atoms with E-state index in [0.717, 1.165) is 18.2 Å². The number of sulfonamides is 1. The van der Waals surface area contributed by atoms with Crippen molar-refractivity contribution in [3.05, 3.63) is 89.5 Å². The standard InChI is InChI=1S/C19H12F4N2O3S/c20-11-1-7-15(17(22)9-11)19(26)24-12-2-4-13(5-3-12)25-29(27,28)14-6-8-16(21)18(23)10-14/h1-10,25H,(H,24,26). The van der Waals surface area contributed by atoms with Crippen LogP contribution in [0.3, 0.4) is 0 Å². The molecule has 0 saturated carbocycles. The van der Waals surface area contributed by atoms with Crippen molar-refractivity contribution < 1.29 is 30.8 Å². The Hall–Kier alpha value is -3.40. The molecule has 0 unspecified atom stereocenters. The summed E-state index contributed by atoms with van der Waals surface area (Å²) in [5.74, 6) is -5.16. The zero-order valence-electron chi connectivity index (χ0n) is 14.4. The molecule has 0 aromatic heterocycles. The Morgan fingerprint density at radius 2 is 1.38 bits per heavy atom. The number of benzene rings is 3. The van der Waals surface area contributed by atoms with Crippen molar-refractivity contribution in [1.82, 2.24) is 0 Å². The van der Waals surface area contributed by atoms with E-state index in [4.69, 9.17) is 0 Å². The number of carbonyl (C=O) groups is 1. The lowest BCUT2D eigenvalue weighted by atomic mass is 10.2. The van der Waals surface area contributed by atoms with Crippen molar-refractivity contribution in [3.8, 4) is 0 Å². The maximum atomic E-state index is 13.6. The number of rotatable bonds is 5. The molecule has 150 valence electrons. The first-order valence-electron chi connectivity index (χ1n) is 8.00. The average molecular weight is 424 g/mol. The van der Waals surface area contributed by atoms with E-state index in [1.807, 2.05) is 0 Å². The Labute approximate surface area is 163 Å². The van der Waals surface area contributed by atoms with Gasteiger partial charge >= 0.3 is 0 Å². The highest BCUT2D eigenvalue weighted by Crippen LogP contribution is 2.20. The van der Waals surface area contributed by atoms with Gasteiger partial charge in [0, 0.05) is 17.4 Å². The molecule has 0 fully saturated rings. The molecular formula is C19H12F4N2O3S. The summed E-state index contributed by atoms with van der Waals surface area (Å²) in [6.45, 7) is 0. The van der Waals surface area contributed by atoms with Gasteiger partial charge < -0.3 is 5.32 Å². The minimum absolute atomic E-state index is 0.0840. The summed E-state index contributed by atoms with van der Waals surface area (Å²) in [5, 5.41) is 2.38. The SMILES string of the molecule is O=C(Nc1ccc(NS(=O)(=O)c2ccc(F)c(F)c2)cc1)c1ccc(F)cc1F. The molecule has 0 spiro atoms. The number of nitrogens with one attached hydrogen (secondary N) is 2. The molecule has 0 saturated heterocycles. The second-order valence-electron chi connectivity index (χ2n) is 5.84. The molecule has 2 N–H and O–H groups in total. The van der Waals surface area contributed by atoms with Crippen LogP contribution in [0.2, 0.25) is 0 Å². The van der Waals surface area contributed by atoms with Crippen molar-refractivity contribution >= 4 is 27.3 Å². The van der Waals surface area contributed by atoms with E-state index < -0.39 is 44.1 Å². The van der Waals surface area contributed by atoms with Crippen molar-refractivity contribution in [2.24, 2.45) is 0 Å². The van der Waals surface area contributed by atoms with Crippen LogP contribution in [0, 0.1) is 23.3 Å². The zero-order valence-corrected chi connectivity index (χ0v) is 15.2.